The van der Waals surface area contributed by atoms with Crippen LogP contribution in [0, 0.1) is 0 Å². The Morgan fingerprint density at radius 3 is 2.50 bits per heavy atom. The summed E-state index contributed by atoms with van der Waals surface area (Å²) >= 11 is 0. The topological polar surface area (TPSA) is 101 Å². The van der Waals surface area contributed by atoms with E-state index >= 15 is 0 Å². The molecule has 2 aromatic rings. The van der Waals surface area contributed by atoms with Crippen LogP contribution >= 0.6 is 0 Å². The summed E-state index contributed by atoms with van der Waals surface area (Å²) in [6, 6.07) is 12.6. The summed E-state index contributed by atoms with van der Waals surface area (Å²) in [6.45, 7) is 5.04. The van der Waals surface area contributed by atoms with Crippen LogP contribution in [0.4, 0.5) is 11.4 Å². The Kier molecular flexibility index (Phi) is 9.26. The van der Waals surface area contributed by atoms with E-state index < -0.39 is 6.10 Å². The van der Waals surface area contributed by atoms with Crippen LogP contribution in [0.25, 0.3) is 0 Å². The van der Waals surface area contributed by atoms with Gasteiger partial charge in [-0.15, -0.1) is 0 Å². The lowest BCUT2D eigenvalue weighted by molar-refractivity contribution is -0.117. The summed E-state index contributed by atoms with van der Waals surface area (Å²) in [5.41, 5.74) is 2.35. The molecular formula is C25H33N3O6. The van der Waals surface area contributed by atoms with E-state index in [-0.39, 0.29) is 31.4 Å². The molecule has 1 heterocycles. The number of likely N-dealkylation sites (N-methyl/N-ethyl adjacent to an activating group) is 1. The molecule has 2 aromatic carbocycles. The minimum absolute atomic E-state index is 0.0186. The molecule has 0 aliphatic carbocycles. The highest BCUT2D eigenvalue weighted by Crippen LogP contribution is 2.28. The van der Waals surface area contributed by atoms with E-state index in [4.69, 9.17) is 14.2 Å². The van der Waals surface area contributed by atoms with Crippen LogP contribution in [0.5, 0.6) is 11.5 Å². The number of amides is 1. The van der Waals surface area contributed by atoms with Gasteiger partial charge in [0.1, 0.15) is 12.7 Å². The van der Waals surface area contributed by atoms with Crippen molar-refractivity contribution in [3.05, 3.63) is 48.0 Å². The number of carbonyl (C=O) groups excluding carboxylic acids is 2. The van der Waals surface area contributed by atoms with Gasteiger partial charge < -0.3 is 29.5 Å². The molecule has 9 heteroatoms. The van der Waals surface area contributed by atoms with Crippen molar-refractivity contribution >= 4 is 23.1 Å². The summed E-state index contributed by atoms with van der Waals surface area (Å²) in [4.78, 5) is 27.9. The monoisotopic (exact) mass is 471 g/mol. The number of hydrogen-bond donors (Lipinski definition) is 2. The van der Waals surface area contributed by atoms with Crippen LogP contribution in [-0.2, 0) is 9.53 Å². The molecule has 1 fully saturated rings. The fourth-order valence-corrected chi connectivity index (χ4v) is 3.69. The van der Waals surface area contributed by atoms with Crippen LogP contribution in [0.1, 0.15) is 17.3 Å². The first-order valence-corrected chi connectivity index (χ1v) is 11.3. The SMILES string of the molecule is COc1cc(C(C)=O)ccc1OCC(O)CN(C)CC(=O)Nc1ccc(N2CCOCC2)cc1. The Morgan fingerprint density at radius 2 is 1.85 bits per heavy atom. The van der Waals surface area contributed by atoms with E-state index in [9.17, 15) is 14.7 Å². The summed E-state index contributed by atoms with van der Waals surface area (Å²) in [5.74, 6) is 0.619. The van der Waals surface area contributed by atoms with Crippen LogP contribution in [0.3, 0.4) is 0 Å². The zero-order valence-corrected chi connectivity index (χ0v) is 20.0. The lowest BCUT2D eigenvalue weighted by Gasteiger charge is -2.29. The summed E-state index contributed by atoms with van der Waals surface area (Å²) < 4.78 is 16.3. The number of benzene rings is 2. The van der Waals surface area contributed by atoms with Crippen LogP contribution < -0.4 is 19.7 Å². The van der Waals surface area contributed by atoms with E-state index in [0.717, 1.165) is 37.7 Å². The Hall–Kier alpha value is -3.14. The van der Waals surface area contributed by atoms with Crippen molar-refractivity contribution < 1.29 is 28.9 Å². The molecule has 3 rings (SSSR count). The zero-order valence-electron chi connectivity index (χ0n) is 20.0. The average molecular weight is 472 g/mol. The second-order valence-electron chi connectivity index (χ2n) is 8.28. The lowest BCUT2D eigenvalue weighted by Crippen LogP contribution is -2.38. The summed E-state index contributed by atoms with van der Waals surface area (Å²) in [7, 11) is 3.25. The van der Waals surface area contributed by atoms with E-state index in [0.29, 0.717) is 17.1 Å². The maximum atomic E-state index is 12.4. The van der Waals surface area contributed by atoms with Gasteiger partial charge in [-0.2, -0.15) is 0 Å². The highest BCUT2D eigenvalue weighted by atomic mass is 16.5. The van der Waals surface area contributed by atoms with Crippen molar-refractivity contribution in [2.45, 2.75) is 13.0 Å². The predicted molar refractivity (Wildman–Crippen MR) is 130 cm³/mol. The first kappa shape index (κ1) is 25.5. The number of nitrogens with zero attached hydrogens (tertiary/aromatic N) is 2. The predicted octanol–water partition coefficient (Wildman–Crippen LogP) is 2.04. The van der Waals surface area contributed by atoms with Crippen molar-refractivity contribution in [2.24, 2.45) is 0 Å². The second-order valence-corrected chi connectivity index (χ2v) is 8.28. The van der Waals surface area contributed by atoms with Gasteiger partial charge in [0.25, 0.3) is 0 Å². The number of anilines is 2. The van der Waals surface area contributed by atoms with Gasteiger partial charge in [0.2, 0.25) is 5.91 Å². The Morgan fingerprint density at radius 1 is 1.15 bits per heavy atom. The zero-order chi connectivity index (χ0) is 24.5. The van der Waals surface area contributed by atoms with E-state index in [1.807, 2.05) is 24.3 Å². The van der Waals surface area contributed by atoms with E-state index in [1.165, 1.54) is 14.0 Å². The maximum Gasteiger partial charge on any atom is 0.238 e. The molecule has 1 aliphatic heterocycles. The number of hydrogen-bond acceptors (Lipinski definition) is 8. The van der Waals surface area contributed by atoms with Gasteiger partial charge >= 0.3 is 0 Å². The molecule has 184 valence electrons. The minimum Gasteiger partial charge on any atom is -0.493 e. The van der Waals surface area contributed by atoms with E-state index in [2.05, 4.69) is 10.2 Å². The Bertz CT molecular complexity index is 960. The first-order chi connectivity index (χ1) is 16.4. The molecule has 1 saturated heterocycles. The van der Waals surface area contributed by atoms with Crippen LogP contribution in [0.15, 0.2) is 42.5 Å². The largest absolute Gasteiger partial charge is 0.493 e. The maximum absolute atomic E-state index is 12.4. The number of methoxy groups -OCH3 is 1. The Labute approximate surface area is 200 Å². The fraction of sp³-hybridized carbons (Fsp3) is 0.440. The number of aliphatic hydroxyl groups is 1. The smallest absolute Gasteiger partial charge is 0.238 e. The van der Waals surface area contributed by atoms with Gasteiger partial charge in [0, 0.05) is 36.6 Å². The molecule has 0 spiro atoms. The normalized spacial score (nSPS) is 14.6. The lowest BCUT2D eigenvalue weighted by atomic mass is 10.1. The van der Waals surface area contributed by atoms with Gasteiger partial charge in [-0.05, 0) is 56.4 Å². The van der Waals surface area contributed by atoms with Gasteiger partial charge in [0.05, 0.1) is 26.9 Å². The third-order valence-electron chi connectivity index (χ3n) is 5.46. The molecule has 0 bridgehead atoms. The number of aliphatic hydroxyl groups excluding tert-OH is 1. The minimum atomic E-state index is -0.817. The van der Waals surface area contributed by atoms with Gasteiger partial charge in [-0.1, -0.05) is 0 Å². The summed E-state index contributed by atoms with van der Waals surface area (Å²) in [5, 5.41) is 13.2. The number of ether oxygens (including phenoxy) is 3. The third-order valence-corrected chi connectivity index (χ3v) is 5.46. The molecule has 0 saturated carbocycles. The quantitative estimate of drug-likeness (QED) is 0.481. The van der Waals surface area contributed by atoms with Gasteiger partial charge in [-0.3, -0.25) is 14.5 Å². The third kappa shape index (κ3) is 7.44. The second kappa shape index (κ2) is 12.4. The molecule has 1 unspecified atom stereocenters. The van der Waals surface area contributed by atoms with Gasteiger partial charge in [-0.25, -0.2) is 0 Å². The van der Waals surface area contributed by atoms with Crippen molar-refractivity contribution in [1.29, 1.82) is 0 Å². The fourth-order valence-electron chi connectivity index (χ4n) is 3.69. The van der Waals surface area contributed by atoms with Crippen LogP contribution in [-0.4, -0.2) is 88.0 Å². The molecular weight excluding hydrogens is 438 g/mol. The molecule has 0 aromatic heterocycles. The van der Waals surface area contributed by atoms with Crippen molar-refractivity contribution in [3.63, 3.8) is 0 Å². The highest BCUT2D eigenvalue weighted by Gasteiger charge is 2.15. The number of nitrogens with one attached hydrogen (secondary N) is 1. The number of carbonyl (C=O) groups is 2. The molecule has 1 amide bonds. The molecule has 1 aliphatic rings. The number of ketones is 1. The van der Waals surface area contributed by atoms with Crippen molar-refractivity contribution in [3.8, 4) is 11.5 Å². The summed E-state index contributed by atoms with van der Waals surface area (Å²) in [6.07, 6.45) is -0.817. The van der Waals surface area contributed by atoms with E-state index in [1.54, 1.807) is 30.1 Å². The standard InChI is InChI=1S/C25H33N3O6/c1-18(29)19-4-9-23(24(14-19)32-3)34-17-22(30)15-27(2)16-25(31)26-20-5-7-21(8-6-20)28-10-12-33-13-11-28/h4-9,14,22,30H,10-13,15-17H2,1-3H3,(H,26,31). The molecule has 9 nitrogen and oxygen atoms in total. The number of rotatable bonds is 11. The highest BCUT2D eigenvalue weighted by molar-refractivity contribution is 5.94. The molecule has 2 N–H and O–H groups in total. The first-order valence-electron chi connectivity index (χ1n) is 11.3. The van der Waals surface area contributed by atoms with Gasteiger partial charge in [0.15, 0.2) is 17.3 Å². The Balaban J connectivity index is 1.42. The molecule has 1 atom stereocenters. The number of morpholine rings is 1. The number of Topliss-reactive ketones (excluding diaryl/α,β-unsaturated/α-hetero) is 1. The average Bonchev–Trinajstić information content (AvgIpc) is 2.83. The van der Waals surface area contributed by atoms with Crippen molar-refractivity contribution in [1.82, 2.24) is 4.90 Å². The van der Waals surface area contributed by atoms with Crippen molar-refractivity contribution in [2.75, 3.05) is 70.4 Å². The van der Waals surface area contributed by atoms with Crippen LogP contribution in [0.2, 0.25) is 0 Å². The molecule has 34 heavy (non-hydrogen) atoms. The molecule has 0 radical (unpaired) electrons.